The molecule has 0 unspecified atom stereocenters. The third-order valence-electron chi connectivity index (χ3n) is 1.73. The zero-order valence-electron chi connectivity index (χ0n) is 6.75. The Morgan fingerprint density at radius 2 is 2.46 bits per heavy atom. The highest BCUT2D eigenvalue weighted by molar-refractivity contribution is 9.10. The van der Waals surface area contributed by atoms with Crippen molar-refractivity contribution in [1.82, 2.24) is 10.2 Å². The van der Waals surface area contributed by atoms with Crippen LogP contribution in [0.4, 0.5) is 0 Å². The summed E-state index contributed by atoms with van der Waals surface area (Å²) in [5, 5.41) is 9.11. The molecule has 2 rings (SSSR count). The Morgan fingerprint density at radius 1 is 1.62 bits per heavy atom. The number of H-pyrrole nitrogens is 1. The second kappa shape index (κ2) is 3.61. The van der Waals surface area contributed by atoms with E-state index in [2.05, 4.69) is 26.1 Å². The molecule has 68 valence electrons. The molecule has 0 aliphatic carbocycles. The number of hydrogen-bond acceptors (Lipinski definition) is 3. The molecule has 0 atom stereocenters. The van der Waals surface area contributed by atoms with Crippen LogP contribution < -0.4 is 5.73 Å². The van der Waals surface area contributed by atoms with Gasteiger partial charge in [0.15, 0.2) is 0 Å². The van der Waals surface area contributed by atoms with Crippen molar-refractivity contribution >= 4 is 27.3 Å². The molecular formula is C8H8BrN3S. The van der Waals surface area contributed by atoms with Crippen molar-refractivity contribution in [2.45, 2.75) is 6.54 Å². The number of nitrogens with zero attached hydrogens (tertiary/aromatic N) is 1. The van der Waals surface area contributed by atoms with Gasteiger partial charge in [-0.1, -0.05) is 6.07 Å². The minimum absolute atomic E-state index is 0.471. The standard InChI is InChI=1S/C8H8BrN3S/c9-7-5(4-10)11-12-8(7)6-2-1-3-13-6/h1-3H,4,10H2,(H,11,12). The predicted molar refractivity (Wildman–Crippen MR) is 57.5 cm³/mol. The highest BCUT2D eigenvalue weighted by atomic mass is 79.9. The summed E-state index contributed by atoms with van der Waals surface area (Å²) >= 11 is 5.13. The van der Waals surface area contributed by atoms with Gasteiger partial charge in [-0.05, 0) is 27.4 Å². The van der Waals surface area contributed by atoms with Gasteiger partial charge in [-0.3, -0.25) is 5.10 Å². The molecule has 2 aromatic heterocycles. The van der Waals surface area contributed by atoms with Gasteiger partial charge in [-0.15, -0.1) is 11.3 Å². The van der Waals surface area contributed by atoms with E-state index in [1.165, 1.54) is 0 Å². The van der Waals surface area contributed by atoms with Gasteiger partial charge in [-0.2, -0.15) is 5.10 Å². The first-order chi connectivity index (χ1) is 6.33. The van der Waals surface area contributed by atoms with Crippen LogP contribution in [0.2, 0.25) is 0 Å². The molecule has 0 aliphatic rings. The Hall–Kier alpha value is -0.650. The highest BCUT2D eigenvalue weighted by Crippen LogP contribution is 2.31. The van der Waals surface area contributed by atoms with Crippen LogP contribution >= 0.6 is 27.3 Å². The summed E-state index contributed by atoms with van der Waals surface area (Å²) in [5.74, 6) is 0. The lowest BCUT2D eigenvalue weighted by Gasteiger charge is -1.92. The van der Waals surface area contributed by atoms with Crippen LogP contribution in [0.5, 0.6) is 0 Å². The molecule has 2 aromatic rings. The number of hydrogen-bond donors (Lipinski definition) is 2. The number of thiophene rings is 1. The molecule has 0 saturated heterocycles. The lowest BCUT2D eigenvalue weighted by atomic mass is 10.3. The molecule has 3 nitrogen and oxygen atoms in total. The summed E-state index contributed by atoms with van der Waals surface area (Å²) in [6.07, 6.45) is 0. The van der Waals surface area contributed by atoms with Crippen molar-refractivity contribution in [3.05, 3.63) is 27.7 Å². The number of nitrogens with two attached hydrogens (primary N) is 1. The fourth-order valence-electron chi connectivity index (χ4n) is 1.08. The van der Waals surface area contributed by atoms with Gasteiger partial charge in [0.25, 0.3) is 0 Å². The van der Waals surface area contributed by atoms with Crippen molar-refractivity contribution in [2.75, 3.05) is 0 Å². The average Bonchev–Trinajstić information content (AvgIpc) is 2.72. The Bertz CT molecular complexity index is 393. The molecule has 0 saturated carbocycles. The van der Waals surface area contributed by atoms with Gasteiger partial charge >= 0.3 is 0 Å². The quantitative estimate of drug-likeness (QED) is 0.868. The predicted octanol–water partition coefficient (Wildman–Crippen LogP) is 2.36. The third-order valence-corrected chi connectivity index (χ3v) is 3.46. The molecule has 13 heavy (non-hydrogen) atoms. The van der Waals surface area contributed by atoms with E-state index < -0.39 is 0 Å². The van der Waals surface area contributed by atoms with E-state index in [0.29, 0.717) is 6.54 Å². The first-order valence-electron chi connectivity index (χ1n) is 3.79. The number of nitrogens with one attached hydrogen (secondary N) is 1. The maximum atomic E-state index is 5.52. The van der Waals surface area contributed by atoms with E-state index in [1.807, 2.05) is 17.5 Å². The minimum Gasteiger partial charge on any atom is -0.325 e. The summed E-state index contributed by atoms with van der Waals surface area (Å²) in [7, 11) is 0. The molecule has 0 aromatic carbocycles. The molecule has 2 heterocycles. The fourth-order valence-corrected chi connectivity index (χ4v) is 2.48. The molecule has 0 amide bonds. The molecule has 3 N–H and O–H groups in total. The maximum absolute atomic E-state index is 5.52. The van der Waals surface area contributed by atoms with Crippen LogP contribution in [0.25, 0.3) is 10.6 Å². The van der Waals surface area contributed by atoms with Crippen molar-refractivity contribution < 1.29 is 0 Å². The highest BCUT2D eigenvalue weighted by Gasteiger charge is 2.11. The molecule has 0 fully saturated rings. The Morgan fingerprint density at radius 3 is 3.00 bits per heavy atom. The van der Waals surface area contributed by atoms with Gasteiger partial charge in [0.2, 0.25) is 0 Å². The zero-order chi connectivity index (χ0) is 9.26. The monoisotopic (exact) mass is 257 g/mol. The number of aromatic nitrogens is 2. The van der Waals surface area contributed by atoms with E-state index in [1.54, 1.807) is 11.3 Å². The van der Waals surface area contributed by atoms with E-state index in [-0.39, 0.29) is 0 Å². The Labute approximate surface area is 88.1 Å². The van der Waals surface area contributed by atoms with Crippen molar-refractivity contribution in [3.8, 4) is 10.6 Å². The maximum Gasteiger partial charge on any atom is 0.117 e. The molecule has 5 heteroatoms. The number of rotatable bonds is 2. The van der Waals surface area contributed by atoms with Gasteiger partial charge < -0.3 is 5.73 Å². The second-order valence-electron chi connectivity index (χ2n) is 2.55. The third kappa shape index (κ3) is 1.54. The van der Waals surface area contributed by atoms with Crippen LogP contribution in [-0.2, 0) is 6.54 Å². The summed E-state index contributed by atoms with van der Waals surface area (Å²) in [6.45, 7) is 0.471. The van der Waals surface area contributed by atoms with E-state index in [9.17, 15) is 0 Å². The molecular weight excluding hydrogens is 250 g/mol. The fraction of sp³-hybridized carbons (Fsp3) is 0.125. The number of halogens is 1. The van der Waals surface area contributed by atoms with Crippen LogP contribution in [0, 0.1) is 0 Å². The van der Waals surface area contributed by atoms with E-state index in [0.717, 1.165) is 20.7 Å². The van der Waals surface area contributed by atoms with Gasteiger partial charge in [-0.25, -0.2) is 0 Å². The SMILES string of the molecule is NCc1[nH]nc(-c2cccs2)c1Br. The lowest BCUT2D eigenvalue weighted by Crippen LogP contribution is -1.96. The minimum atomic E-state index is 0.471. The van der Waals surface area contributed by atoms with Crippen molar-refractivity contribution in [2.24, 2.45) is 5.73 Å². The Balaban J connectivity index is 2.48. The molecule has 0 spiro atoms. The summed E-state index contributed by atoms with van der Waals surface area (Å²) in [5.41, 5.74) is 7.39. The lowest BCUT2D eigenvalue weighted by molar-refractivity contribution is 0.945. The van der Waals surface area contributed by atoms with Gasteiger partial charge in [0, 0.05) is 6.54 Å². The Kier molecular flexibility index (Phi) is 2.48. The average molecular weight is 258 g/mol. The van der Waals surface area contributed by atoms with Gasteiger partial charge in [0.05, 0.1) is 15.0 Å². The largest absolute Gasteiger partial charge is 0.325 e. The summed E-state index contributed by atoms with van der Waals surface area (Å²) in [4.78, 5) is 1.14. The second-order valence-corrected chi connectivity index (χ2v) is 4.29. The normalized spacial score (nSPS) is 10.6. The van der Waals surface area contributed by atoms with Crippen LogP contribution in [0.3, 0.4) is 0 Å². The number of aromatic amines is 1. The van der Waals surface area contributed by atoms with Crippen molar-refractivity contribution in [3.63, 3.8) is 0 Å². The van der Waals surface area contributed by atoms with E-state index >= 15 is 0 Å². The molecule has 0 bridgehead atoms. The van der Waals surface area contributed by atoms with Crippen LogP contribution in [0.15, 0.2) is 22.0 Å². The zero-order valence-corrected chi connectivity index (χ0v) is 9.15. The van der Waals surface area contributed by atoms with Crippen LogP contribution in [0.1, 0.15) is 5.69 Å². The van der Waals surface area contributed by atoms with E-state index in [4.69, 9.17) is 5.73 Å². The topological polar surface area (TPSA) is 54.7 Å². The molecule has 0 aliphatic heterocycles. The first kappa shape index (κ1) is 8.93. The summed E-state index contributed by atoms with van der Waals surface area (Å²) in [6, 6.07) is 4.04. The summed E-state index contributed by atoms with van der Waals surface area (Å²) < 4.78 is 0.970. The molecule has 0 radical (unpaired) electrons. The van der Waals surface area contributed by atoms with Crippen LogP contribution in [-0.4, -0.2) is 10.2 Å². The first-order valence-corrected chi connectivity index (χ1v) is 5.47. The smallest absolute Gasteiger partial charge is 0.117 e. The van der Waals surface area contributed by atoms with Gasteiger partial charge in [0.1, 0.15) is 5.69 Å². The van der Waals surface area contributed by atoms with Crippen molar-refractivity contribution in [1.29, 1.82) is 0 Å².